The Morgan fingerprint density at radius 2 is 1.74 bits per heavy atom. The summed E-state index contributed by atoms with van der Waals surface area (Å²) in [7, 11) is 0. The molecule has 5 rings (SSSR count). The van der Waals surface area contributed by atoms with Crippen molar-refractivity contribution in [3.63, 3.8) is 0 Å². The van der Waals surface area contributed by atoms with Gasteiger partial charge in [0.1, 0.15) is 12.1 Å². The summed E-state index contributed by atoms with van der Waals surface area (Å²) >= 11 is 12.2. The van der Waals surface area contributed by atoms with E-state index in [9.17, 15) is 24.5 Å². The number of nitrogens with zero attached hydrogens (tertiary/aromatic N) is 4. The first-order valence-electron chi connectivity index (χ1n) is 14.0. The van der Waals surface area contributed by atoms with Crippen molar-refractivity contribution in [1.82, 2.24) is 15.1 Å². The molecule has 2 heterocycles. The van der Waals surface area contributed by atoms with Crippen LogP contribution >= 0.6 is 23.2 Å². The Labute approximate surface area is 259 Å². The van der Waals surface area contributed by atoms with Crippen LogP contribution in [0.5, 0.6) is 0 Å². The number of carbonyl (C=O) groups is 3. The topological polar surface area (TPSA) is 116 Å². The highest BCUT2D eigenvalue weighted by Gasteiger charge is 2.54. The fourth-order valence-electron chi connectivity index (χ4n) is 5.81. The second-order valence-corrected chi connectivity index (χ2v) is 11.7. The van der Waals surface area contributed by atoms with Crippen LogP contribution in [0.1, 0.15) is 34.3 Å². The van der Waals surface area contributed by atoms with Crippen molar-refractivity contribution < 1.29 is 19.3 Å². The maximum Gasteiger partial charge on any atom is 0.273 e. The zero-order chi connectivity index (χ0) is 30.7. The molecule has 43 heavy (non-hydrogen) atoms. The molecule has 3 amide bonds. The number of para-hydroxylation sites is 1. The van der Waals surface area contributed by atoms with E-state index < -0.39 is 10.5 Å². The molecule has 224 valence electrons. The number of carbonyl (C=O) groups excluding carboxylic acids is 3. The lowest BCUT2D eigenvalue weighted by molar-refractivity contribution is -0.385. The van der Waals surface area contributed by atoms with Gasteiger partial charge < -0.3 is 20.0 Å². The van der Waals surface area contributed by atoms with E-state index in [0.29, 0.717) is 41.4 Å². The zero-order valence-corrected chi connectivity index (χ0v) is 25.1. The summed E-state index contributed by atoms with van der Waals surface area (Å²) in [5, 5.41) is 15.3. The number of aryl methyl sites for hydroxylation is 1. The molecule has 0 saturated carbocycles. The lowest BCUT2D eigenvalue weighted by Gasteiger charge is -2.43. The minimum Gasteiger partial charge on any atom is -0.354 e. The minimum atomic E-state index is -0.922. The van der Waals surface area contributed by atoms with Gasteiger partial charge in [-0.1, -0.05) is 53.5 Å². The molecule has 0 aliphatic carbocycles. The SMILES string of the molecule is Cc1ccc(C(=O)N2CCC3(CC2)C(=O)N(CC(=O)NCCc2ccc(Cl)cc2Cl)CN3c2ccccc2)cc1[N+](=O)[O-]. The Morgan fingerprint density at radius 1 is 1.02 bits per heavy atom. The molecular weight excluding hydrogens is 593 g/mol. The molecule has 12 heteroatoms. The molecule has 0 unspecified atom stereocenters. The van der Waals surface area contributed by atoms with Gasteiger partial charge in [0.15, 0.2) is 0 Å². The molecule has 2 saturated heterocycles. The quantitative estimate of drug-likeness (QED) is 0.283. The van der Waals surface area contributed by atoms with Gasteiger partial charge in [-0.25, -0.2) is 0 Å². The Hall–Kier alpha value is -4.15. The summed E-state index contributed by atoms with van der Waals surface area (Å²) in [6.45, 7) is 2.69. The highest BCUT2D eigenvalue weighted by molar-refractivity contribution is 6.35. The number of halogens is 2. The number of hydrogen-bond donors (Lipinski definition) is 1. The maximum absolute atomic E-state index is 14.0. The van der Waals surface area contributed by atoms with E-state index in [1.807, 2.05) is 41.3 Å². The first-order valence-corrected chi connectivity index (χ1v) is 14.7. The lowest BCUT2D eigenvalue weighted by Crippen LogP contribution is -2.57. The second-order valence-electron chi connectivity index (χ2n) is 10.8. The predicted molar refractivity (Wildman–Crippen MR) is 164 cm³/mol. The molecule has 3 aromatic rings. The standard InChI is InChI=1S/C31H31Cl2N5O5/c1-21-7-8-23(17-27(21)38(42)43)29(40)35-15-12-31(13-16-35)30(41)36(20-37(31)25-5-3-2-4-6-25)19-28(39)34-14-11-22-9-10-24(32)18-26(22)33/h2-10,17-18H,11-16,19-20H2,1H3,(H,34,39). The highest BCUT2D eigenvalue weighted by atomic mass is 35.5. The van der Waals surface area contributed by atoms with Gasteiger partial charge in [0.05, 0.1) is 11.6 Å². The van der Waals surface area contributed by atoms with Crippen LogP contribution in [0.2, 0.25) is 10.0 Å². The average Bonchev–Trinajstić information content (AvgIpc) is 3.25. The Balaban J connectivity index is 1.27. The molecule has 10 nitrogen and oxygen atoms in total. The fourth-order valence-corrected chi connectivity index (χ4v) is 6.32. The predicted octanol–water partition coefficient (Wildman–Crippen LogP) is 4.85. The second kappa shape index (κ2) is 12.6. The van der Waals surface area contributed by atoms with E-state index in [1.54, 1.807) is 41.0 Å². The summed E-state index contributed by atoms with van der Waals surface area (Å²) in [6, 6.07) is 19.2. The molecule has 1 N–H and O–H groups in total. The molecule has 0 aromatic heterocycles. The number of nitrogens with one attached hydrogen (secondary N) is 1. The number of benzene rings is 3. The molecule has 0 bridgehead atoms. The van der Waals surface area contributed by atoms with Crippen molar-refractivity contribution >= 4 is 52.3 Å². The van der Waals surface area contributed by atoms with Gasteiger partial charge >= 0.3 is 0 Å². The number of likely N-dealkylation sites (tertiary alicyclic amines) is 1. The van der Waals surface area contributed by atoms with Crippen molar-refractivity contribution in [1.29, 1.82) is 0 Å². The molecule has 2 aliphatic rings. The molecule has 3 aromatic carbocycles. The van der Waals surface area contributed by atoms with Crippen molar-refractivity contribution in [2.75, 3.05) is 37.7 Å². The maximum atomic E-state index is 14.0. The van der Waals surface area contributed by atoms with E-state index in [1.165, 1.54) is 6.07 Å². The molecule has 0 radical (unpaired) electrons. The first-order chi connectivity index (χ1) is 20.6. The van der Waals surface area contributed by atoms with Crippen molar-refractivity contribution in [3.05, 3.63) is 104 Å². The van der Waals surface area contributed by atoms with Crippen molar-refractivity contribution in [2.24, 2.45) is 0 Å². The fraction of sp³-hybridized carbons (Fsp3) is 0.323. The van der Waals surface area contributed by atoms with E-state index in [2.05, 4.69) is 5.32 Å². The smallest absolute Gasteiger partial charge is 0.273 e. The van der Waals surface area contributed by atoms with Crippen LogP contribution < -0.4 is 10.2 Å². The Morgan fingerprint density at radius 3 is 2.42 bits per heavy atom. The van der Waals surface area contributed by atoms with E-state index in [-0.39, 0.29) is 55.3 Å². The number of piperidine rings is 1. The first kappa shape index (κ1) is 30.3. The van der Waals surface area contributed by atoms with Crippen LogP contribution in [0.15, 0.2) is 66.7 Å². The van der Waals surface area contributed by atoms with E-state index >= 15 is 0 Å². The summed E-state index contributed by atoms with van der Waals surface area (Å²) in [6.07, 6.45) is 1.23. The number of hydrogen-bond acceptors (Lipinski definition) is 6. The zero-order valence-electron chi connectivity index (χ0n) is 23.6. The summed E-state index contributed by atoms with van der Waals surface area (Å²) in [5.74, 6) is -0.755. The molecule has 2 fully saturated rings. The molecule has 2 aliphatic heterocycles. The minimum absolute atomic E-state index is 0.103. The molecule has 0 atom stereocenters. The third kappa shape index (κ3) is 6.30. The van der Waals surface area contributed by atoms with Crippen LogP contribution in [0.4, 0.5) is 11.4 Å². The van der Waals surface area contributed by atoms with Gasteiger partial charge in [-0.15, -0.1) is 0 Å². The van der Waals surface area contributed by atoms with Gasteiger partial charge in [-0.3, -0.25) is 24.5 Å². The summed E-state index contributed by atoms with van der Waals surface area (Å²) in [4.78, 5) is 56.3. The van der Waals surface area contributed by atoms with Crippen LogP contribution in [-0.4, -0.2) is 70.8 Å². The number of nitro groups is 1. The van der Waals surface area contributed by atoms with Crippen LogP contribution in [0.25, 0.3) is 0 Å². The normalized spacial score (nSPS) is 16.1. The largest absolute Gasteiger partial charge is 0.354 e. The summed E-state index contributed by atoms with van der Waals surface area (Å²) in [5.41, 5.74) is 1.40. The number of anilines is 1. The van der Waals surface area contributed by atoms with Gasteiger partial charge in [0.2, 0.25) is 5.91 Å². The summed E-state index contributed by atoms with van der Waals surface area (Å²) < 4.78 is 0. The third-order valence-electron chi connectivity index (χ3n) is 8.18. The Kier molecular flexibility index (Phi) is 8.89. The van der Waals surface area contributed by atoms with Crippen LogP contribution in [0, 0.1) is 17.0 Å². The monoisotopic (exact) mass is 623 g/mol. The van der Waals surface area contributed by atoms with Gasteiger partial charge in [-0.05, 0) is 62.1 Å². The molecular formula is C31H31Cl2N5O5. The van der Waals surface area contributed by atoms with Crippen LogP contribution in [-0.2, 0) is 16.0 Å². The van der Waals surface area contributed by atoms with E-state index in [0.717, 1.165) is 11.3 Å². The van der Waals surface area contributed by atoms with Crippen molar-refractivity contribution in [3.8, 4) is 0 Å². The molecule has 1 spiro atoms. The van der Waals surface area contributed by atoms with Gasteiger partial charge in [0, 0.05) is 52.6 Å². The number of nitro benzene ring substituents is 1. The van der Waals surface area contributed by atoms with Gasteiger partial charge in [0.25, 0.3) is 17.5 Å². The van der Waals surface area contributed by atoms with E-state index in [4.69, 9.17) is 23.2 Å². The van der Waals surface area contributed by atoms with Crippen molar-refractivity contribution in [2.45, 2.75) is 31.7 Å². The highest BCUT2D eigenvalue weighted by Crippen LogP contribution is 2.39. The number of rotatable bonds is 8. The van der Waals surface area contributed by atoms with Crippen LogP contribution in [0.3, 0.4) is 0 Å². The van der Waals surface area contributed by atoms with Gasteiger partial charge in [-0.2, -0.15) is 0 Å². The average molecular weight is 625 g/mol. The number of amides is 3. The Bertz CT molecular complexity index is 1560. The third-order valence-corrected chi connectivity index (χ3v) is 8.77. The lowest BCUT2D eigenvalue weighted by atomic mass is 9.85.